The second-order valence-electron chi connectivity index (χ2n) is 5.16. The van der Waals surface area contributed by atoms with Gasteiger partial charge in [0.05, 0.1) is 7.11 Å². The van der Waals surface area contributed by atoms with Crippen LogP contribution >= 0.6 is 0 Å². The van der Waals surface area contributed by atoms with E-state index in [9.17, 15) is 10.2 Å². The molecule has 3 heteroatoms. The standard InChI is InChI=1S/C18H22O3/c1-21-17-13-12-16(19)15(18(17)20)11-7-3-6-10-14-8-4-2-5-9-14/h2,4-5,8-9,12-13,19-20H,3,6-7,10-11H2,1H3. The summed E-state index contributed by atoms with van der Waals surface area (Å²) < 4.78 is 5.06. The van der Waals surface area contributed by atoms with Gasteiger partial charge in [0, 0.05) is 5.56 Å². The molecule has 2 aromatic carbocycles. The number of benzene rings is 2. The van der Waals surface area contributed by atoms with Crippen molar-refractivity contribution in [3.63, 3.8) is 0 Å². The molecule has 0 fully saturated rings. The average Bonchev–Trinajstić information content (AvgIpc) is 2.51. The number of hydrogen-bond acceptors (Lipinski definition) is 3. The number of rotatable bonds is 7. The van der Waals surface area contributed by atoms with Crippen molar-refractivity contribution >= 4 is 0 Å². The van der Waals surface area contributed by atoms with Crippen LogP contribution in [0.4, 0.5) is 0 Å². The van der Waals surface area contributed by atoms with Gasteiger partial charge in [-0.15, -0.1) is 0 Å². The molecule has 0 unspecified atom stereocenters. The van der Waals surface area contributed by atoms with Crippen molar-refractivity contribution in [3.05, 3.63) is 53.6 Å². The van der Waals surface area contributed by atoms with Gasteiger partial charge in [-0.05, 0) is 43.4 Å². The molecule has 0 aliphatic rings. The Morgan fingerprint density at radius 2 is 1.57 bits per heavy atom. The van der Waals surface area contributed by atoms with E-state index in [1.807, 2.05) is 6.07 Å². The van der Waals surface area contributed by atoms with Gasteiger partial charge in [-0.1, -0.05) is 36.8 Å². The second kappa shape index (κ2) is 7.58. The van der Waals surface area contributed by atoms with Crippen molar-refractivity contribution in [1.29, 1.82) is 0 Å². The molecule has 0 bridgehead atoms. The van der Waals surface area contributed by atoms with Gasteiger partial charge in [0.15, 0.2) is 11.5 Å². The maximum absolute atomic E-state index is 10.0. The fourth-order valence-corrected chi connectivity index (χ4v) is 2.47. The summed E-state index contributed by atoms with van der Waals surface area (Å²) in [4.78, 5) is 0. The van der Waals surface area contributed by atoms with Crippen LogP contribution in [0.15, 0.2) is 42.5 Å². The lowest BCUT2D eigenvalue weighted by molar-refractivity contribution is 0.364. The van der Waals surface area contributed by atoms with E-state index in [-0.39, 0.29) is 11.5 Å². The Kier molecular flexibility index (Phi) is 5.50. The molecule has 21 heavy (non-hydrogen) atoms. The third-order valence-corrected chi connectivity index (χ3v) is 3.68. The third-order valence-electron chi connectivity index (χ3n) is 3.68. The Labute approximate surface area is 125 Å². The third kappa shape index (κ3) is 4.15. The monoisotopic (exact) mass is 286 g/mol. The smallest absolute Gasteiger partial charge is 0.164 e. The lowest BCUT2D eigenvalue weighted by Gasteiger charge is -2.10. The first-order valence-corrected chi connectivity index (χ1v) is 7.34. The van der Waals surface area contributed by atoms with Crippen LogP contribution in [0.2, 0.25) is 0 Å². The molecular weight excluding hydrogens is 264 g/mol. The summed E-state index contributed by atoms with van der Waals surface area (Å²) in [5.41, 5.74) is 1.93. The van der Waals surface area contributed by atoms with Crippen molar-refractivity contribution in [2.45, 2.75) is 32.1 Å². The summed E-state index contributed by atoms with van der Waals surface area (Å²) in [5, 5.41) is 19.8. The molecule has 0 atom stereocenters. The first-order valence-electron chi connectivity index (χ1n) is 7.34. The topological polar surface area (TPSA) is 49.7 Å². The summed E-state index contributed by atoms with van der Waals surface area (Å²) >= 11 is 0. The van der Waals surface area contributed by atoms with Crippen molar-refractivity contribution < 1.29 is 14.9 Å². The van der Waals surface area contributed by atoms with E-state index in [4.69, 9.17) is 4.74 Å². The minimum atomic E-state index is 0.0561. The number of unbranched alkanes of at least 4 members (excludes halogenated alkanes) is 2. The van der Waals surface area contributed by atoms with Crippen LogP contribution in [-0.2, 0) is 12.8 Å². The first-order chi connectivity index (χ1) is 10.2. The van der Waals surface area contributed by atoms with E-state index < -0.39 is 0 Å². The lowest BCUT2D eigenvalue weighted by Crippen LogP contribution is -1.92. The molecule has 3 nitrogen and oxygen atoms in total. The quantitative estimate of drug-likeness (QED) is 0.755. The van der Waals surface area contributed by atoms with Gasteiger partial charge in [-0.3, -0.25) is 0 Å². The van der Waals surface area contributed by atoms with Crippen LogP contribution in [0.1, 0.15) is 30.4 Å². The SMILES string of the molecule is COc1ccc(O)c(CCCCCc2ccccc2)c1O. The average molecular weight is 286 g/mol. The second-order valence-corrected chi connectivity index (χ2v) is 5.16. The number of hydrogen-bond donors (Lipinski definition) is 2. The van der Waals surface area contributed by atoms with Crippen molar-refractivity contribution in [2.75, 3.05) is 7.11 Å². The molecule has 2 rings (SSSR count). The summed E-state index contributed by atoms with van der Waals surface area (Å²) in [7, 11) is 1.51. The van der Waals surface area contributed by atoms with Crippen LogP contribution in [0, 0.1) is 0 Å². The number of phenols is 2. The van der Waals surface area contributed by atoms with Crippen molar-refractivity contribution in [3.8, 4) is 17.2 Å². The maximum Gasteiger partial charge on any atom is 0.164 e. The maximum atomic E-state index is 10.0. The van der Waals surface area contributed by atoms with Crippen LogP contribution in [0.25, 0.3) is 0 Å². The number of aromatic hydroxyl groups is 2. The highest BCUT2D eigenvalue weighted by Crippen LogP contribution is 2.36. The molecule has 112 valence electrons. The van der Waals surface area contributed by atoms with Crippen molar-refractivity contribution in [1.82, 2.24) is 0 Å². The minimum absolute atomic E-state index is 0.0561. The highest BCUT2D eigenvalue weighted by Gasteiger charge is 2.12. The van der Waals surface area contributed by atoms with Gasteiger partial charge < -0.3 is 14.9 Å². The Morgan fingerprint density at radius 3 is 2.29 bits per heavy atom. The van der Waals surface area contributed by atoms with Crippen molar-refractivity contribution in [2.24, 2.45) is 0 Å². The zero-order chi connectivity index (χ0) is 15.1. The fraction of sp³-hybridized carbons (Fsp3) is 0.333. The summed E-state index contributed by atoms with van der Waals surface area (Å²) in [6.45, 7) is 0. The minimum Gasteiger partial charge on any atom is -0.508 e. The molecule has 2 aromatic rings. The zero-order valence-electron chi connectivity index (χ0n) is 12.4. The molecule has 0 saturated heterocycles. The van der Waals surface area contributed by atoms with Gasteiger partial charge in [0.25, 0.3) is 0 Å². The van der Waals surface area contributed by atoms with Gasteiger partial charge >= 0.3 is 0 Å². The molecule has 0 radical (unpaired) electrons. The lowest BCUT2D eigenvalue weighted by atomic mass is 10.0. The van der Waals surface area contributed by atoms with E-state index in [2.05, 4.69) is 24.3 Å². The van der Waals surface area contributed by atoms with Crippen LogP contribution in [0.3, 0.4) is 0 Å². The number of aryl methyl sites for hydroxylation is 1. The molecular formula is C18H22O3. The van der Waals surface area contributed by atoms with Crippen LogP contribution < -0.4 is 4.74 Å². The molecule has 0 aromatic heterocycles. The Hall–Kier alpha value is -2.16. The molecule has 0 spiro atoms. The molecule has 0 saturated carbocycles. The first kappa shape index (κ1) is 15.2. The Balaban J connectivity index is 1.81. The molecule has 0 heterocycles. The van der Waals surface area contributed by atoms with Gasteiger partial charge in [-0.25, -0.2) is 0 Å². The van der Waals surface area contributed by atoms with E-state index >= 15 is 0 Å². The van der Waals surface area contributed by atoms with E-state index in [0.29, 0.717) is 17.7 Å². The highest BCUT2D eigenvalue weighted by atomic mass is 16.5. The highest BCUT2D eigenvalue weighted by molar-refractivity contribution is 5.52. The zero-order valence-corrected chi connectivity index (χ0v) is 12.4. The van der Waals surface area contributed by atoms with Crippen LogP contribution in [-0.4, -0.2) is 17.3 Å². The van der Waals surface area contributed by atoms with E-state index in [1.165, 1.54) is 12.7 Å². The van der Waals surface area contributed by atoms with Gasteiger partial charge in [0.2, 0.25) is 0 Å². The predicted octanol–water partition coefficient (Wildman–Crippen LogP) is 4.06. The van der Waals surface area contributed by atoms with Gasteiger partial charge in [0.1, 0.15) is 5.75 Å². The van der Waals surface area contributed by atoms with E-state index in [0.717, 1.165) is 25.7 Å². The fourth-order valence-electron chi connectivity index (χ4n) is 2.47. The molecule has 0 aliphatic heterocycles. The number of phenolic OH excluding ortho intramolecular Hbond substituents is 2. The summed E-state index contributed by atoms with van der Waals surface area (Å²) in [6, 6.07) is 13.6. The summed E-state index contributed by atoms with van der Waals surface area (Å²) in [6.07, 6.45) is 4.82. The number of methoxy groups -OCH3 is 1. The molecule has 0 aliphatic carbocycles. The van der Waals surface area contributed by atoms with Crippen LogP contribution in [0.5, 0.6) is 17.2 Å². The Morgan fingerprint density at radius 1 is 0.857 bits per heavy atom. The summed E-state index contributed by atoms with van der Waals surface area (Å²) in [5.74, 6) is 0.601. The largest absolute Gasteiger partial charge is 0.508 e. The normalized spacial score (nSPS) is 10.5. The Bertz CT molecular complexity index is 564. The van der Waals surface area contributed by atoms with Gasteiger partial charge in [-0.2, -0.15) is 0 Å². The predicted molar refractivity (Wildman–Crippen MR) is 84.0 cm³/mol. The van der Waals surface area contributed by atoms with E-state index in [1.54, 1.807) is 12.1 Å². The molecule has 0 amide bonds. The molecule has 2 N–H and O–H groups in total. The number of ether oxygens (including phenoxy) is 1.